The molecule has 1 aromatic heterocycles. The number of thiophene rings is 1. The first-order valence-corrected chi connectivity index (χ1v) is 6.72. The van der Waals surface area contributed by atoms with Crippen LogP contribution in [0.5, 0.6) is 5.75 Å². The van der Waals surface area contributed by atoms with Gasteiger partial charge in [0.1, 0.15) is 15.6 Å². The molecule has 0 bridgehead atoms. The number of carbonyl (C=O) groups excluding carboxylic acids is 1. The lowest BCUT2D eigenvalue weighted by Crippen LogP contribution is -2.12. The van der Waals surface area contributed by atoms with Crippen molar-refractivity contribution in [1.82, 2.24) is 0 Å². The average Bonchev–Trinajstić information content (AvgIpc) is 2.70. The monoisotopic (exact) mass is 288 g/mol. The van der Waals surface area contributed by atoms with Crippen LogP contribution in [0.3, 0.4) is 0 Å². The largest absolute Gasteiger partial charge is 0.492 e. The molecule has 108 valence electrons. The lowest BCUT2D eigenvalue weighted by atomic mass is 10.3. The summed E-state index contributed by atoms with van der Waals surface area (Å²) in [5.41, 5.74) is 6.15. The van der Waals surface area contributed by atoms with Gasteiger partial charge in [0.2, 0.25) is 0 Å². The van der Waals surface area contributed by atoms with E-state index in [-0.39, 0.29) is 6.10 Å². The summed E-state index contributed by atoms with van der Waals surface area (Å²) in [4.78, 5) is 11.9. The highest BCUT2D eigenvalue weighted by Gasteiger charge is 2.22. The van der Waals surface area contributed by atoms with Crippen LogP contribution in [0.4, 0.5) is 10.7 Å². The smallest absolute Gasteiger partial charge is 0.350 e. The van der Waals surface area contributed by atoms with Gasteiger partial charge in [-0.3, -0.25) is 0 Å². The number of methoxy groups -OCH3 is 2. The predicted molar refractivity (Wildman–Crippen MR) is 76.2 cm³/mol. The van der Waals surface area contributed by atoms with E-state index in [0.29, 0.717) is 34.5 Å². The number of nitrogens with one attached hydrogen (secondary N) is 1. The molecule has 0 fully saturated rings. The van der Waals surface area contributed by atoms with Crippen molar-refractivity contribution in [2.45, 2.75) is 20.0 Å². The van der Waals surface area contributed by atoms with E-state index in [1.54, 1.807) is 0 Å². The van der Waals surface area contributed by atoms with Crippen molar-refractivity contribution in [2.75, 3.05) is 38.4 Å². The summed E-state index contributed by atoms with van der Waals surface area (Å²) >= 11 is 1.21. The molecule has 0 atom stereocenters. The molecule has 1 rings (SSSR count). The van der Waals surface area contributed by atoms with Crippen LogP contribution in [0.15, 0.2) is 0 Å². The van der Waals surface area contributed by atoms with E-state index in [4.69, 9.17) is 15.2 Å². The summed E-state index contributed by atoms with van der Waals surface area (Å²) in [6.45, 7) is 5.11. The second-order valence-electron chi connectivity index (χ2n) is 4.05. The number of carbonyl (C=O) groups is 1. The van der Waals surface area contributed by atoms with Crippen LogP contribution in [0.1, 0.15) is 23.5 Å². The summed E-state index contributed by atoms with van der Waals surface area (Å²) in [6.07, 6.45) is 0.183. The van der Waals surface area contributed by atoms with Gasteiger partial charge in [-0.05, 0) is 13.8 Å². The Balaban J connectivity index is 2.74. The number of ether oxygens (including phenoxy) is 3. The molecule has 0 saturated heterocycles. The average molecular weight is 288 g/mol. The summed E-state index contributed by atoms with van der Waals surface area (Å²) in [5.74, 6) is 0.00206. The van der Waals surface area contributed by atoms with Gasteiger partial charge >= 0.3 is 5.97 Å². The molecule has 0 aromatic carbocycles. The summed E-state index contributed by atoms with van der Waals surface area (Å²) in [5, 5.41) is 3.84. The first-order chi connectivity index (χ1) is 9.01. The van der Waals surface area contributed by atoms with Crippen LogP contribution in [-0.2, 0) is 9.47 Å². The van der Waals surface area contributed by atoms with Crippen molar-refractivity contribution in [3.05, 3.63) is 4.88 Å². The van der Waals surface area contributed by atoms with Crippen LogP contribution >= 0.6 is 11.3 Å². The van der Waals surface area contributed by atoms with Crippen molar-refractivity contribution in [3.8, 4) is 5.75 Å². The van der Waals surface area contributed by atoms with Crippen LogP contribution in [0.25, 0.3) is 0 Å². The third-order valence-electron chi connectivity index (χ3n) is 2.31. The second kappa shape index (κ2) is 7.20. The number of anilines is 2. The molecule has 0 spiro atoms. The molecule has 0 aliphatic rings. The number of nitrogen functional groups attached to an aromatic ring is 1. The topological polar surface area (TPSA) is 82.8 Å². The molecule has 0 amide bonds. The SMILES string of the molecule is COC(=O)c1sc(NCCOC(C)C)c(OC)c1N. The third-order valence-corrected chi connectivity index (χ3v) is 3.44. The third kappa shape index (κ3) is 4.00. The van der Waals surface area contributed by atoms with Gasteiger partial charge in [0.25, 0.3) is 0 Å². The zero-order valence-corrected chi connectivity index (χ0v) is 12.4. The number of hydrogen-bond donors (Lipinski definition) is 2. The quantitative estimate of drug-likeness (QED) is 0.589. The molecule has 3 N–H and O–H groups in total. The highest BCUT2D eigenvalue weighted by atomic mass is 32.1. The van der Waals surface area contributed by atoms with E-state index >= 15 is 0 Å². The van der Waals surface area contributed by atoms with Gasteiger partial charge in [0, 0.05) is 6.54 Å². The maximum absolute atomic E-state index is 11.5. The van der Waals surface area contributed by atoms with E-state index in [9.17, 15) is 4.79 Å². The Morgan fingerprint density at radius 3 is 2.63 bits per heavy atom. The van der Waals surface area contributed by atoms with Crippen LogP contribution in [0, 0.1) is 0 Å². The number of rotatable bonds is 7. The molecule has 0 aliphatic heterocycles. The minimum Gasteiger partial charge on any atom is -0.492 e. The Kier molecular flexibility index (Phi) is 5.91. The van der Waals surface area contributed by atoms with Crippen molar-refractivity contribution >= 4 is 28.0 Å². The van der Waals surface area contributed by atoms with E-state index in [2.05, 4.69) is 10.1 Å². The number of nitrogens with two attached hydrogens (primary N) is 1. The molecule has 1 aromatic rings. The van der Waals surface area contributed by atoms with Crippen LogP contribution in [0.2, 0.25) is 0 Å². The second-order valence-corrected chi connectivity index (χ2v) is 5.07. The molecular formula is C12H20N2O4S. The summed E-state index contributed by atoms with van der Waals surface area (Å²) in [7, 11) is 2.83. The molecule has 0 unspecified atom stereocenters. The standard InChI is InChI=1S/C12H20N2O4S/c1-7(2)18-6-5-14-11-9(16-3)8(13)10(19-11)12(15)17-4/h7,14H,5-6,13H2,1-4H3. The minimum atomic E-state index is -0.465. The molecule has 0 aliphatic carbocycles. The van der Waals surface area contributed by atoms with Crippen molar-refractivity contribution in [1.29, 1.82) is 0 Å². The van der Waals surface area contributed by atoms with Crippen LogP contribution in [-0.4, -0.2) is 39.4 Å². The molecular weight excluding hydrogens is 268 g/mol. The summed E-state index contributed by atoms with van der Waals surface area (Å²) in [6, 6.07) is 0. The predicted octanol–water partition coefficient (Wildman–Crippen LogP) is 1.96. The molecule has 6 nitrogen and oxygen atoms in total. The first kappa shape index (κ1) is 15.6. The van der Waals surface area contributed by atoms with Gasteiger partial charge in [0.15, 0.2) is 5.75 Å². The Hall–Kier alpha value is -1.47. The molecule has 7 heteroatoms. The fourth-order valence-corrected chi connectivity index (χ4v) is 2.49. The highest BCUT2D eigenvalue weighted by molar-refractivity contribution is 7.19. The van der Waals surface area contributed by atoms with Gasteiger partial charge in [-0.25, -0.2) is 4.79 Å². The Morgan fingerprint density at radius 1 is 1.42 bits per heavy atom. The number of esters is 1. The van der Waals surface area contributed by atoms with Crippen molar-refractivity contribution in [3.63, 3.8) is 0 Å². The zero-order chi connectivity index (χ0) is 14.4. The molecule has 0 radical (unpaired) electrons. The number of hydrogen-bond acceptors (Lipinski definition) is 7. The van der Waals surface area contributed by atoms with Crippen molar-refractivity contribution in [2.24, 2.45) is 0 Å². The normalized spacial score (nSPS) is 10.6. The fraction of sp³-hybridized carbons (Fsp3) is 0.583. The Bertz CT molecular complexity index is 432. The van der Waals surface area contributed by atoms with E-state index in [0.717, 1.165) is 0 Å². The maximum Gasteiger partial charge on any atom is 0.350 e. The van der Waals surface area contributed by atoms with E-state index < -0.39 is 5.97 Å². The van der Waals surface area contributed by atoms with E-state index in [1.807, 2.05) is 13.8 Å². The lowest BCUT2D eigenvalue weighted by molar-refractivity contribution is 0.0607. The van der Waals surface area contributed by atoms with Gasteiger partial charge in [-0.15, -0.1) is 11.3 Å². The van der Waals surface area contributed by atoms with Crippen molar-refractivity contribution < 1.29 is 19.0 Å². The molecule has 1 heterocycles. The van der Waals surface area contributed by atoms with Crippen LogP contribution < -0.4 is 15.8 Å². The van der Waals surface area contributed by atoms with Gasteiger partial charge in [-0.2, -0.15) is 0 Å². The first-order valence-electron chi connectivity index (χ1n) is 5.91. The minimum absolute atomic E-state index is 0.183. The fourth-order valence-electron chi connectivity index (χ4n) is 1.45. The van der Waals surface area contributed by atoms with E-state index in [1.165, 1.54) is 25.6 Å². The van der Waals surface area contributed by atoms with Gasteiger partial charge < -0.3 is 25.3 Å². The molecule has 0 saturated carbocycles. The Morgan fingerprint density at radius 2 is 2.11 bits per heavy atom. The maximum atomic E-state index is 11.5. The van der Waals surface area contributed by atoms with Gasteiger partial charge in [0.05, 0.1) is 26.9 Å². The summed E-state index contributed by atoms with van der Waals surface area (Å²) < 4.78 is 15.3. The zero-order valence-electron chi connectivity index (χ0n) is 11.6. The molecule has 19 heavy (non-hydrogen) atoms. The highest BCUT2D eigenvalue weighted by Crippen LogP contribution is 2.42. The lowest BCUT2D eigenvalue weighted by Gasteiger charge is -2.09. The van der Waals surface area contributed by atoms with Gasteiger partial charge in [-0.1, -0.05) is 0 Å². The Labute approximate surface area is 116 Å².